The van der Waals surface area contributed by atoms with Gasteiger partial charge in [0, 0.05) is 5.56 Å². The molecule has 1 atom stereocenters. The fraction of sp³-hybridized carbons (Fsp3) is 0.429. The van der Waals surface area contributed by atoms with Gasteiger partial charge in [0.05, 0.1) is 7.11 Å². The van der Waals surface area contributed by atoms with Crippen LogP contribution in [0.15, 0.2) is 18.2 Å². The molecule has 0 spiro atoms. The van der Waals surface area contributed by atoms with Gasteiger partial charge in [-0.2, -0.15) is 0 Å². The van der Waals surface area contributed by atoms with Crippen LogP contribution in [0.2, 0.25) is 0 Å². The monoisotopic (exact) mass is 252 g/mol. The number of rotatable bonds is 5. The van der Waals surface area contributed by atoms with E-state index < -0.39 is 17.9 Å². The van der Waals surface area contributed by atoms with E-state index in [1.54, 1.807) is 12.1 Å². The molecule has 1 aromatic carbocycles. The zero-order valence-corrected chi connectivity index (χ0v) is 10.8. The Morgan fingerprint density at radius 2 is 1.94 bits per heavy atom. The smallest absolute Gasteiger partial charge is 0.348 e. The molecule has 1 rings (SSSR count). The van der Waals surface area contributed by atoms with Crippen LogP contribution in [0.25, 0.3) is 0 Å². The first-order valence-corrected chi connectivity index (χ1v) is 5.93. The highest BCUT2D eigenvalue weighted by Gasteiger charge is 2.29. The normalized spacial score (nSPS) is 12.0. The molecule has 0 aromatic heterocycles. The number of esters is 1. The summed E-state index contributed by atoms with van der Waals surface area (Å²) in [5.74, 6) is -1.97. The molecule has 0 aliphatic heterocycles. The van der Waals surface area contributed by atoms with Gasteiger partial charge >= 0.3 is 5.97 Å². The molecule has 0 bridgehead atoms. The van der Waals surface area contributed by atoms with Crippen LogP contribution in [0.1, 0.15) is 35.3 Å². The molecule has 0 aliphatic rings. The molecule has 0 amide bonds. The second kappa shape index (κ2) is 6.28. The molecule has 0 heterocycles. The maximum Gasteiger partial charge on any atom is 0.348 e. The minimum absolute atomic E-state index is 0.273. The van der Waals surface area contributed by atoms with Crippen molar-refractivity contribution >= 4 is 11.8 Å². The number of halogens is 1. The van der Waals surface area contributed by atoms with E-state index in [0.717, 1.165) is 24.7 Å². The highest BCUT2D eigenvalue weighted by molar-refractivity contribution is 6.11. The number of benzene rings is 1. The molecular formula is C14H17FO3. The largest absolute Gasteiger partial charge is 0.467 e. The Balaban J connectivity index is 3.17. The number of ketones is 1. The van der Waals surface area contributed by atoms with Crippen LogP contribution in [0.3, 0.4) is 0 Å². The molecule has 0 N–H and O–H groups in total. The Kier molecular flexibility index (Phi) is 5.01. The Bertz CT molecular complexity index is 454. The van der Waals surface area contributed by atoms with E-state index in [0.29, 0.717) is 6.42 Å². The molecule has 4 heteroatoms. The van der Waals surface area contributed by atoms with Gasteiger partial charge in [-0.25, -0.2) is 9.18 Å². The molecule has 98 valence electrons. The third-order valence-corrected chi connectivity index (χ3v) is 2.91. The highest BCUT2D eigenvalue weighted by Crippen LogP contribution is 2.19. The van der Waals surface area contributed by atoms with Crippen molar-refractivity contribution in [3.8, 4) is 0 Å². The van der Waals surface area contributed by atoms with Gasteiger partial charge in [-0.05, 0) is 24.0 Å². The summed E-state index contributed by atoms with van der Waals surface area (Å²) in [7, 11) is 1.06. The Hall–Kier alpha value is -1.71. The fourth-order valence-corrected chi connectivity index (χ4v) is 1.96. The predicted octanol–water partition coefficient (Wildman–Crippen LogP) is 2.51. The van der Waals surface area contributed by atoms with Gasteiger partial charge in [-0.15, -0.1) is 0 Å². The van der Waals surface area contributed by atoms with Gasteiger partial charge in [0.2, 0.25) is 5.78 Å². The minimum atomic E-state index is -2.24. The average Bonchev–Trinajstić information content (AvgIpc) is 2.43. The minimum Gasteiger partial charge on any atom is -0.467 e. The van der Waals surface area contributed by atoms with Crippen LogP contribution in [-0.4, -0.2) is 25.0 Å². The van der Waals surface area contributed by atoms with Crippen LogP contribution in [0.5, 0.6) is 0 Å². The number of carbonyl (C=O) groups is 2. The van der Waals surface area contributed by atoms with E-state index in [-0.39, 0.29) is 5.56 Å². The fourth-order valence-electron chi connectivity index (χ4n) is 1.96. The highest BCUT2D eigenvalue weighted by atomic mass is 19.1. The zero-order valence-electron chi connectivity index (χ0n) is 10.8. The zero-order chi connectivity index (χ0) is 13.7. The standard InChI is InChI=1S/C14H17FO3/c1-4-9-7-6-8-11(10(9)5-2)13(16)12(15)14(17)18-3/h6-8,12H,4-5H2,1-3H3. The molecule has 0 fully saturated rings. The van der Waals surface area contributed by atoms with Gasteiger partial charge in [0.15, 0.2) is 0 Å². The molecule has 3 nitrogen and oxygen atoms in total. The van der Waals surface area contributed by atoms with Crippen LogP contribution in [0, 0.1) is 0 Å². The van der Waals surface area contributed by atoms with Crippen molar-refractivity contribution in [3.05, 3.63) is 34.9 Å². The number of ether oxygens (including phenoxy) is 1. The Morgan fingerprint density at radius 1 is 1.28 bits per heavy atom. The molecule has 1 aromatic rings. The number of hydrogen-bond donors (Lipinski definition) is 0. The molecule has 0 saturated carbocycles. The van der Waals surface area contributed by atoms with E-state index in [2.05, 4.69) is 4.74 Å². The van der Waals surface area contributed by atoms with Crippen LogP contribution >= 0.6 is 0 Å². The average molecular weight is 252 g/mol. The quantitative estimate of drug-likeness (QED) is 0.459. The topological polar surface area (TPSA) is 43.4 Å². The SMILES string of the molecule is CCc1cccc(C(=O)C(F)C(=O)OC)c1CC. The van der Waals surface area contributed by atoms with Gasteiger partial charge in [0.25, 0.3) is 6.17 Å². The second-order valence-corrected chi connectivity index (χ2v) is 3.90. The summed E-state index contributed by atoms with van der Waals surface area (Å²) < 4.78 is 17.9. The first-order valence-electron chi connectivity index (χ1n) is 5.93. The lowest BCUT2D eigenvalue weighted by Crippen LogP contribution is -2.28. The first-order chi connectivity index (χ1) is 8.56. The lowest BCUT2D eigenvalue weighted by Gasteiger charge is -2.12. The molecule has 0 saturated heterocycles. The third kappa shape index (κ3) is 2.75. The summed E-state index contributed by atoms with van der Waals surface area (Å²) in [5, 5.41) is 0. The van der Waals surface area contributed by atoms with E-state index in [1.165, 1.54) is 0 Å². The molecule has 18 heavy (non-hydrogen) atoms. The summed E-state index contributed by atoms with van der Waals surface area (Å²) >= 11 is 0. The lowest BCUT2D eigenvalue weighted by molar-refractivity contribution is -0.144. The van der Waals surface area contributed by atoms with Crippen molar-refractivity contribution in [2.24, 2.45) is 0 Å². The van der Waals surface area contributed by atoms with Crippen LogP contribution < -0.4 is 0 Å². The van der Waals surface area contributed by atoms with Crippen molar-refractivity contribution in [2.75, 3.05) is 7.11 Å². The summed E-state index contributed by atoms with van der Waals surface area (Å²) in [5.41, 5.74) is 2.08. The van der Waals surface area contributed by atoms with E-state index in [9.17, 15) is 14.0 Å². The maximum atomic E-state index is 13.6. The molecular weight excluding hydrogens is 235 g/mol. The summed E-state index contributed by atoms with van der Waals surface area (Å²) in [6.07, 6.45) is -0.856. The second-order valence-electron chi connectivity index (χ2n) is 3.90. The third-order valence-electron chi connectivity index (χ3n) is 2.91. The van der Waals surface area contributed by atoms with Crippen molar-refractivity contribution in [2.45, 2.75) is 32.9 Å². The predicted molar refractivity (Wildman–Crippen MR) is 66.4 cm³/mol. The number of hydrogen-bond acceptors (Lipinski definition) is 3. The summed E-state index contributed by atoms with van der Waals surface area (Å²) in [6, 6.07) is 5.16. The molecule has 1 unspecified atom stereocenters. The van der Waals surface area contributed by atoms with E-state index in [4.69, 9.17) is 0 Å². The number of methoxy groups -OCH3 is 1. The van der Waals surface area contributed by atoms with Crippen molar-refractivity contribution in [1.29, 1.82) is 0 Å². The lowest BCUT2D eigenvalue weighted by atomic mass is 9.93. The first kappa shape index (κ1) is 14.4. The van der Waals surface area contributed by atoms with Gasteiger partial charge < -0.3 is 4.74 Å². The maximum absolute atomic E-state index is 13.6. The van der Waals surface area contributed by atoms with Crippen molar-refractivity contribution < 1.29 is 18.7 Å². The molecule has 0 radical (unpaired) electrons. The number of carbonyl (C=O) groups excluding carboxylic acids is 2. The van der Waals surface area contributed by atoms with E-state index in [1.807, 2.05) is 19.9 Å². The van der Waals surface area contributed by atoms with E-state index >= 15 is 0 Å². The van der Waals surface area contributed by atoms with Crippen molar-refractivity contribution in [3.63, 3.8) is 0 Å². The van der Waals surface area contributed by atoms with Crippen LogP contribution in [-0.2, 0) is 22.4 Å². The number of aryl methyl sites for hydroxylation is 1. The molecule has 0 aliphatic carbocycles. The van der Waals surface area contributed by atoms with Crippen LogP contribution in [0.4, 0.5) is 4.39 Å². The summed E-state index contributed by atoms with van der Waals surface area (Å²) in [6.45, 7) is 3.87. The number of alkyl halides is 1. The Morgan fingerprint density at radius 3 is 2.44 bits per heavy atom. The van der Waals surface area contributed by atoms with Gasteiger partial charge in [-0.1, -0.05) is 32.0 Å². The van der Waals surface area contributed by atoms with Gasteiger partial charge in [-0.3, -0.25) is 4.79 Å². The van der Waals surface area contributed by atoms with Gasteiger partial charge in [0.1, 0.15) is 0 Å². The summed E-state index contributed by atoms with van der Waals surface area (Å²) in [4.78, 5) is 23.0. The number of Topliss-reactive ketones (excluding diaryl/α,β-unsaturated/α-hetero) is 1. The van der Waals surface area contributed by atoms with Crippen molar-refractivity contribution in [1.82, 2.24) is 0 Å². The Labute approximate surface area is 106 Å².